The Balaban J connectivity index is 2.00. The van der Waals surface area contributed by atoms with Crippen molar-refractivity contribution >= 4 is 39.2 Å². The summed E-state index contributed by atoms with van der Waals surface area (Å²) in [5.41, 5.74) is 2.01. The number of carbonyl (C=O) groups is 2. The highest BCUT2D eigenvalue weighted by molar-refractivity contribution is 7.89. The van der Waals surface area contributed by atoms with Gasteiger partial charge in [-0.1, -0.05) is 48.0 Å². The summed E-state index contributed by atoms with van der Waals surface area (Å²) in [5, 5.41) is 2.73. The first kappa shape index (κ1) is 24.4. The lowest BCUT2D eigenvalue weighted by Gasteiger charge is -2.15. The minimum Gasteiger partial charge on any atom is -0.462 e. The molecular weight excluding hydrogens is 464 g/mol. The van der Waals surface area contributed by atoms with Crippen LogP contribution in [-0.4, -0.2) is 45.3 Å². The number of ether oxygens (including phenoxy) is 1. The molecule has 33 heavy (non-hydrogen) atoms. The SMILES string of the molecule is CCOC(=O)c1cc(-c2ccccc2)ccc1NC(=O)c1cc(S(=O)(=O)N(C)C)ccc1Cl. The Kier molecular flexibility index (Phi) is 7.53. The molecule has 0 heterocycles. The van der Waals surface area contributed by atoms with Crippen molar-refractivity contribution in [3.05, 3.63) is 82.9 Å². The second kappa shape index (κ2) is 10.2. The van der Waals surface area contributed by atoms with E-state index in [1.54, 1.807) is 25.1 Å². The van der Waals surface area contributed by atoms with Gasteiger partial charge in [0.25, 0.3) is 5.91 Å². The summed E-state index contributed by atoms with van der Waals surface area (Å²) in [6, 6.07) is 18.3. The zero-order valence-corrected chi connectivity index (χ0v) is 19.9. The fourth-order valence-electron chi connectivity index (χ4n) is 3.08. The van der Waals surface area contributed by atoms with Gasteiger partial charge in [-0.3, -0.25) is 4.79 Å². The normalized spacial score (nSPS) is 11.3. The predicted octanol–water partition coefficient (Wildman–Crippen LogP) is 4.69. The van der Waals surface area contributed by atoms with E-state index in [1.807, 2.05) is 30.3 Å². The quantitative estimate of drug-likeness (QED) is 0.489. The number of hydrogen-bond acceptors (Lipinski definition) is 5. The van der Waals surface area contributed by atoms with E-state index in [4.69, 9.17) is 16.3 Å². The third-order valence-corrected chi connectivity index (χ3v) is 6.97. The number of sulfonamides is 1. The third kappa shape index (κ3) is 5.42. The van der Waals surface area contributed by atoms with Gasteiger partial charge in [0.15, 0.2) is 0 Å². The zero-order chi connectivity index (χ0) is 24.2. The monoisotopic (exact) mass is 486 g/mol. The molecular formula is C24H23ClN2O5S. The average molecular weight is 487 g/mol. The molecule has 1 N–H and O–H groups in total. The molecule has 0 aliphatic carbocycles. The van der Waals surface area contributed by atoms with E-state index in [9.17, 15) is 18.0 Å². The first-order valence-corrected chi connectivity index (χ1v) is 11.9. The van der Waals surface area contributed by atoms with Crippen molar-refractivity contribution < 1.29 is 22.7 Å². The Hall–Kier alpha value is -3.20. The Morgan fingerprint density at radius 2 is 1.64 bits per heavy atom. The van der Waals surface area contributed by atoms with Crippen molar-refractivity contribution in [1.82, 2.24) is 4.31 Å². The maximum absolute atomic E-state index is 13.0. The Morgan fingerprint density at radius 3 is 2.27 bits per heavy atom. The van der Waals surface area contributed by atoms with Crippen LogP contribution in [0.15, 0.2) is 71.6 Å². The van der Waals surface area contributed by atoms with Gasteiger partial charge in [0.2, 0.25) is 10.0 Å². The molecule has 0 spiro atoms. The van der Waals surface area contributed by atoms with Crippen LogP contribution in [0.2, 0.25) is 5.02 Å². The standard InChI is InChI=1S/C24H23ClN2O5S/c1-4-32-24(29)20-14-17(16-8-6-5-7-9-16)10-13-22(20)26-23(28)19-15-18(11-12-21(19)25)33(30,31)27(2)3/h5-15H,4H2,1-3H3,(H,26,28). The van der Waals surface area contributed by atoms with Crippen molar-refractivity contribution in [3.8, 4) is 11.1 Å². The largest absolute Gasteiger partial charge is 0.462 e. The van der Waals surface area contributed by atoms with E-state index >= 15 is 0 Å². The number of rotatable bonds is 7. The summed E-state index contributed by atoms with van der Waals surface area (Å²) in [6.45, 7) is 1.85. The summed E-state index contributed by atoms with van der Waals surface area (Å²) in [6.07, 6.45) is 0. The number of esters is 1. The number of anilines is 1. The third-order valence-electron chi connectivity index (χ3n) is 4.83. The Bertz CT molecular complexity index is 1290. The van der Waals surface area contributed by atoms with Gasteiger partial charge in [0.05, 0.1) is 33.3 Å². The minimum absolute atomic E-state index is 0.0402. The van der Waals surface area contributed by atoms with Gasteiger partial charge in [-0.15, -0.1) is 0 Å². The highest BCUT2D eigenvalue weighted by atomic mass is 35.5. The van der Waals surface area contributed by atoms with Gasteiger partial charge in [-0.2, -0.15) is 0 Å². The minimum atomic E-state index is -3.77. The molecule has 3 rings (SSSR count). The highest BCUT2D eigenvalue weighted by Crippen LogP contribution is 2.28. The van der Waals surface area contributed by atoms with E-state index in [0.29, 0.717) is 0 Å². The molecule has 3 aromatic carbocycles. The predicted molar refractivity (Wildman–Crippen MR) is 128 cm³/mol. The summed E-state index contributed by atoms with van der Waals surface area (Å²) in [5.74, 6) is -1.26. The summed E-state index contributed by atoms with van der Waals surface area (Å²) >= 11 is 6.18. The van der Waals surface area contributed by atoms with Gasteiger partial charge in [-0.25, -0.2) is 17.5 Å². The molecule has 0 radical (unpaired) electrons. The number of amides is 1. The molecule has 0 bridgehead atoms. The van der Waals surface area contributed by atoms with Crippen LogP contribution < -0.4 is 5.32 Å². The first-order valence-electron chi connectivity index (χ1n) is 10.0. The smallest absolute Gasteiger partial charge is 0.340 e. The van der Waals surface area contributed by atoms with Crippen molar-refractivity contribution in [3.63, 3.8) is 0 Å². The molecule has 3 aromatic rings. The summed E-state index contributed by atoms with van der Waals surface area (Å²) in [7, 11) is -0.982. The van der Waals surface area contributed by atoms with E-state index in [1.165, 1.54) is 32.3 Å². The number of carbonyl (C=O) groups excluding carboxylic acids is 2. The molecule has 0 atom stereocenters. The van der Waals surface area contributed by atoms with Crippen LogP contribution >= 0.6 is 11.6 Å². The Labute approximate surface area is 198 Å². The Morgan fingerprint density at radius 1 is 0.939 bits per heavy atom. The average Bonchev–Trinajstić information content (AvgIpc) is 2.80. The van der Waals surface area contributed by atoms with Crippen LogP contribution in [0.1, 0.15) is 27.6 Å². The van der Waals surface area contributed by atoms with Gasteiger partial charge >= 0.3 is 5.97 Å². The lowest BCUT2D eigenvalue weighted by atomic mass is 10.0. The van der Waals surface area contributed by atoms with Crippen LogP contribution in [0.4, 0.5) is 5.69 Å². The van der Waals surface area contributed by atoms with Gasteiger partial charge in [-0.05, 0) is 48.4 Å². The molecule has 7 nitrogen and oxygen atoms in total. The van der Waals surface area contributed by atoms with E-state index < -0.39 is 21.9 Å². The second-order valence-corrected chi connectivity index (χ2v) is 9.79. The van der Waals surface area contributed by atoms with Crippen molar-refractivity contribution in [2.24, 2.45) is 0 Å². The lowest BCUT2D eigenvalue weighted by Crippen LogP contribution is -2.23. The number of benzene rings is 3. The fraction of sp³-hybridized carbons (Fsp3) is 0.167. The van der Waals surface area contributed by atoms with Crippen molar-refractivity contribution in [2.45, 2.75) is 11.8 Å². The van der Waals surface area contributed by atoms with Gasteiger partial charge in [0.1, 0.15) is 0 Å². The maximum Gasteiger partial charge on any atom is 0.340 e. The topological polar surface area (TPSA) is 92.8 Å². The molecule has 172 valence electrons. The highest BCUT2D eigenvalue weighted by Gasteiger charge is 2.22. The molecule has 0 aliphatic rings. The van der Waals surface area contributed by atoms with Crippen LogP contribution in [0.5, 0.6) is 0 Å². The van der Waals surface area contributed by atoms with Gasteiger partial charge < -0.3 is 10.1 Å². The number of halogens is 1. The van der Waals surface area contributed by atoms with Crippen LogP contribution in [-0.2, 0) is 14.8 Å². The summed E-state index contributed by atoms with van der Waals surface area (Å²) in [4.78, 5) is 25.5. The van der Waals surface area contributed by atoms with Crippen LogP contribution in [0.25, 0.3) is 11.1 Å². The van der Waals surface area contributed by atoms with E-state index in [2.05, 4.69) is 5.32 Å². The number of nitrogens with one attached hydrogen (secondary N) is 1. The molecule has 0 unspecified atom stereocenters. The molecule has 0 aliphatic heterocycles. The van der Waals surface area contributed by atoms with Crippen LogP contribution in [0.3, 0.4) is 0 Å². The molecule has 1 amide bonds. The molecule has 0 saturated carbocycles. The molecule has 0 fully saturated rings. The van der Waals surface area contributed by atoms with Gasteiger partial charge in [0, 0.05) is 14.1 Å². The lowest BCUT2D eigenvalue weighted by molar-refractivity contribution is 0.0527. The number of nitrogens with zero attached hydrogens (tertiary/aromatic N) is 1. The fourth-order valence-corrected chi connectivity index (χ4v) is 4.21. The van der Waals surface area contributed by atoms with Crippen molar-refractivity contribution in [1.29, 1.82) is 0 Å². The first-order chi connectivity index (χ1) is 15.6. The summed E-state index contributed by atoms with van der Waals surface area (Å²) < 4.78 is 31.1. The zero-order valence-electron chi connectivity index (χ0n) is 18.3. The maximum atomic E-state index is 13.0. The van der Waals surface area contributed by atoms with E-state index in [-0.39, 0.29) is 33.3 Å². The second-order valence-electron chi connectivity index (χ2n) is 7.23. The molecule has 9 heteroatoms. The number of hydrogen-bond donors (Lipinski definition) is 1. The van der Waals surface area contributed by atoms with Crippen LogP contribution in [0, 0.1) is 0 Å². The molecule has 0 saturated heterocycles. The molecule has 0 aromatic heterocycles. The van der Waals surface area contributed by atoms with E-state index in [0.717, 1.165) is 15.4 Å². The van der Waals surface area contributed by atoms with Crippen molar-refractivity contribution in [2.75, 3.05) is 26.0 Å².